The molecular formula is C29H36N6O2S. The third-order valence-electron chi connectivity index (χ3n) is 6.51. The summed E-state index contributed by atoms with van der Waals surface area (Å²) in [6, 6.07) is 18.9. The van der Waals surface area contributed by atoms with Gasteiger partial charge in [-0.15, -0.1) is 11.8 Å². The molecule has 0 fully saturated rings. The summed E-state index contributed by atoms with van der Waals surface area (Å²) in [5, 5.41) is 6.49. The second-order valence-corrected chi connectivity index (χ2v) is 10.2. The van der Waals surface area contributed by atoms with E-state index in [0.717, 1.165) is 22.4 Å². The number of anilines is 1. The van der Waals surface area contributed by atoms with Gasteiger partial charge in [0.05, 0.1) is 17.5 Å². The maximum atomic E-state index is 13.5. The number of nitrogens with zero attached hydrogens (tertiary/aromatic N) is 2. The number of amides is 1. The van der Waals surface area contributed by atoms with E-state index < -0.39 is 5.41 Å². The molecule has 0 saturated heterocycles. The highest BCUT2D eigenvalue weighted by atomic mass is 32.2. The van der Waals surface area contributed by atoms with E-state index in [1.165, 1.54) is 4.90 Å². The lowest BCUT2D eigenvalue weighted by Gasteiger charge is -2.33. The quantitative estimate of drug-likeness (QED) is 0.115. The SMILES string of the molecule is CC.CCSc1ccc(CC(=O)Nc2ccc3c(n2)CCC(C)(c2ccc(/C(=N/N)NN)cc2)C3=O)cc1. The summed E-state index contributed by atoms with van der Waals surface area (Å²) in [6.07, 6.45) is 1.50. The largest absolute Gasteiger partial charge is 0.321 e. The van der Waals surface area contributed by atoms with E-state index in [2.05, 4.69) is 27.8 Å². The molecule has 0 bridgehead atoms. The summed E-state index contributed by atoms with van der Waals surface area (Å²) in [6.45, 7) is 8.06. The third-order valence-corrected chi connectivity index (χ3v) is 7.40. The number of amidine groups is 1. The number of hydrogen-bond donors (Lipinski definition) is 4. The minimum absolute atomic E-state index is 0.0107. The minimum Gasteiger partial charge on any atom is -0.321 e. The molecule has 0 spiro atoms. The molecule has 8 nitrogen and oxygen atoms in total. The molecule has 1 atom stereocenters. The number of rotatable bonds is 7. The van der Waals surface area contributed by atoms with Gasteiger partial charge in [0.15, 0.2) is 11.6 Å². The summed E-state index contributed by atoms with van der Waals surface area (Å²) in [4.78, 5) is 31.9. The minimum atomic E-state index is -0.684. The molecule has 6 N–H and O–H groups in total. The van der Waals surface area contributed by atoms with Crippen molar-refractivity contribution in [2.45, 2.75) is 57.3 Å². The van der Waals surface area contributed by atoms with Crippen molar-refractivity contribution in [3.8, 4) is 0 Å². The molecule has 4 rings (SSSR count). The second-order valence-electron chi connectivity index (χ2n) is 8.85. The van der Waals surface area contributed by atoms with Crippen LogP contribution in [0, 0.1) is 0 Å². The first-order valence-electron chi connectivity index (χ1n) is 12.8. The van der Waals surface area contributed by atoms with Gasteiger partial charge >= 0.3 is 0 Å². The zero-order chi connectivity index (χ0) is 27.7. The number of benzene rings is 2. The maximum Gasteiger partial charge on any atom is 0.229 e. The first-order valence-corrected chi connectivity index (χ1v) is 13.8. The van der Waals surface area contributed by atoms with E-state index in [1.807, 2.05) is 69.3 Å². The summed E-state index contributed by atoms with van der Waals surface area (Å²) in [7, 11) is 0. The lowest BCUT2D eigenvalue weighted by molar-refractivity contribution is -0.115. The summed E-state index contributed by atoms with van der Waals surface area (Å²) in [5.74, 6) is 12.5. The summed E-state index contributed by atoms with van der Waals surface area (Å²) >= 11 is 1.77. The first-order chi connectivity index (χ1) is 18.4. The highest BCUT2D eigenvalue weighted by molar-refractivity contribution is 7.99. The number of aryl methyl sites for hydroxylation is 1. The van der Waals surface area contributed by atoms with Gasteiger partial charge in [-0.1, -0.05) is 57.2 Å². The molecule has 200 valence electrons. The molecule has 3 aromatic rings. The number of nitrogens with two attached hydrogens (primary N) is 2. The van der Waals surface area contributed by atoms with Crippen molar-refractivity contribution in [3.63, 3.8) is 0 Å². The molecule has 1 heterocycles. The highest BCUT2D eigenvalue weighted by Crippen LogP contribution is 2.38. The topological polar surface area (TPSA) is 135 Å². The number of fused-ring (bicyclic) bond motifs is 1. The van der Waals surface area contributed by atoms with Crippen molar-refractivity contribution in [1.29, 1.82) is 0 Å². The van der Waals surface area contributed by atoms with Crippen LogP contribution in [0.1, 0.15) is 66.9 Å². The van der Waals surface area contributed by atoms with Gasteiger partial charge in [0.25, 0.3) is 0 Å². The van der Waals surface area contributed by atoms with Crippen LogP contribution in [0.3, 0.4) is 0 Å². The fourth-order valence-corrected chi connectivity index (χ4v) is 5.12. The Balaban J connectivity index is 0.00000195. The number of carbonyl (C=O) groups is 2. The van der Waals surface area contributed by atoms with E-state index in [9.17, 15) is 9.59 Å². The molecule has 9 heteroatoms. The van der Waals surface area contributed by atoms with Crippen LogP contribution in [-0.4, -0.2) is 28.3 Å². The molecule has 2 aromatic carbocycles. The van der Waals surface area contributed by atoms with Gasteiger partial charge < -0.3 is 16.6 Å². The van der Waals surface area contributed by atoms with Gasteiger partial charge in [0.1, 0.15) is 5.82 Å². The first kappa shape index (κ1) is 28.9. The van der Waals surface area contributed by atoms with Crippen LogP contribution in [0.5, 0.6) is 0 Å². The fourth-order valence-electron chi connectivity index (χ4n) is 4.46. The van der Waals surface area contributed by atoms with Crippen molar-refractivity contribution >= 4 is 35.1 Å². The van der Waals surface area contributed by atoms with Crippen LogP contribution in [0.25, 0.3) is 0 Å². The number of hydrogen-bond acceptors (Lipinski definition) is 7. The number of nitrogens with one attached hydrogen (secondary N) is 2. The second kappa shape index (κ2) is 13.2. The number of hydrazone groups is 1. The Kier molecular flexibility index (Phi) is 10.0. The van der Waals surface area contributed by atoms with Crippen molar-refractivity contribution in [2.24, 2.45) is 16.8 Å². The molecule has 1 unspecified atom stereocenters. The Morgan fingerprint density at radius 3 is 2.37 bits per heavy atom. The number of carbonyl (C=O) groups excluding carboxylic acids is 2. The normalized spacial score (nSPS) is 16.7. The van der Waals surface area contributed by atoms with E-state index in [1.54, 1.807) is 23.9 Å². The third kappa shape index (κ3) is 6.41. The molecule has 1 amide bonds. The fraction of sp³-hybridized carbons (Fsp3) is 0.310. The van der Waals surface area contributed by atoms with Gasteiger partial charge in [0.2, 0.25) is 5.91 Å². The summed E-state index contributed by atoms with van der Waals surface area (Å²) < 4.78 is 0. The zero-order valence-corrected chi connectivity index (χ0v) is 23.2. The lowest BCUT2D eigenvalue weighted by Crippen LogP contribution is -2.38. The highest BCUT2D eigenvalue weighted by Gasteiger charge is 2.40. The predicted molar refractivity (Wildman–Crippen MR) is 155 cm³/mol. The molecule has 1 aliphatic rings. The smallest absolute Gasteiger partial charge is 0.229 e. The average molecular weight is 533 g/mol. The van der Waals surface area contributed by atoms with E-state index >= 15 is 0 Å². The van der Waals surface area contributed by atoms with Crippen molar-refractivity contribution in [2.75, 3.05) is 11.1 Å². The van der Waals surface area contributed by atoms with Crippen molar-refractivity contribution in [1.82, 2.24) is 10.4 Å². The Hall–Kier alpha value is -3.69. The molecule has 0 saturated carbocycles. The molecule has 1 aliphatic carbocycles. The zero-order valence-electron chi connectivity index (χ0n) is 22.4. The van der Waals surface area contributed by atoms with E-state index in [-0.39, 0.29) is 18.1 Å². The number of thioether (sulfide) groups is 1. The number of ketones is 1. The molecule has 1 aromatic heterocycles. The number of hydrazine groups is 1. The number of Topliss-reactive ketones (excluding diaryl/α,β-unsaturated/α-hetero) is 1. The van der Waals surface area contributed by atoms with Crippen LogP contribution < -0.4 is 22.4 Å². The van der Waals surface area contributed by atoms with Crippen LogP contribution in [-0.2, 0) is 23.1 Å². The monoisotopic (exact) mass is 532 g/mol. The summed E-state index contributed by atoms with van der Waals surface area (Å²) in [5.41, 5.74) is 5.63. The predicted octanol–water partition coefficient (Wildman–Crippen LogP) is 4.57. The van der Waals surface area contributed by atoms with Gasteiger partial charge in [-0.05, 0) is 60.9 Å². The Morgan fingerprint density at radius 2 is 1.76 bits per heavy atom. The molecule has 0 aliphatic heterocycles. The van der Waals surface area contributed by atoms with Crippen molar-refractivity contribution < 1.29 is 9.59 Å². The molecule has 0 radical (unpaired) electrons. The van der Waals surface area contributed by atoms with Gasteiger partial charge in [0, 0.05) is 16.0 Å². The lowest BCUT2D eigenvalue weighted by atomic mass is 9.69. The number of aromatic nitrogens is 1. The maximum absolute atomic E-state index is 13.5. The molecular weight excluding hydrogens is 496 g/mol. The number of pyridine rings is 1. The average Bonchev–Trinajstić information content (AvgIpc) is 2.94. The van der Waals surface area contributed by atoms with Crippen LogP contribution in [0.2, 0.25) is 0 Å². The van der Waals surface area contributed by atoms with Crippen LogP contribution >= 0.6 is 11.8 Å². The van der Waals surface area contributed by atoms with Gasteiger partial charge in [-0.3, -0.25) is 9.59 Å². The van der Waals surface area contributed by atoms with Crippen LogP contribution in [0.15, 0.2) is 70.7 Å². The van der Waals surface area contributed by atoms with E-state index in [0.29, 0.717) is 35.8 Å². The van der Waals surface area contributed by atoms with Gasteiger partial charge in [-0.2, -0.15) is 5.10 Å². The van der Waals surface area contributed by atoms with E-state index in [4.69, 9.17) is 11.7 Å². The van der Waals surface area contributed by atoms with Gasteiger partial charge in [-0.25, -0.2) is 10.8 Å². The Morgan fingerprint density at radius 1 is 1.08 bits per heavy atom. The Labute approximate surface area is 228 Å². The standard InChI is InChI=1S/C27H30N6O2S.C2H6/c1-3-36-20-10-4-17(5-11-20)16-24(34)31-23-13-12-21-22(30-23)14-15-27(2,25(21)35)19-8-6-18(7-9-19)26(32-28)33-29;1-2/h4-13H,3,14-16,28-29H2,1-2H3,(H,32,33)(H,30,31,34);1-2H3. The Bertz CT molecular complexity index is 1290. The molecule has 38 heavy (non-hydrogen) atoms. The van der Waals surface area contributed by atoms with Crippen molar-refractivity contribution in [3.05, 3.63) is 88.6 Å². The van der Waals surface area contributed by atoms with Crippen LogP contribution in [0.4, 0.5) is 5.82 Å².